The van der Waals surface area contributed by atoms with Gasteiger partial charge >= 0.3 is 0 Å². The van der Waals surface area contributed by atoms with Crippen LogP contribution in [0.5, 0.6) is 11.5 Å². The van der Waals surface area contributed by atoms with Gasteiger partial charge in [-0.2, -0.15) is 5.48 Å². The fraction of sp³-hybridized carbons (Fsp3) is 0.500. The van der Waals surface area contributed by atoms with E-state index in [1.54, 1.807) is 14.2 Å². The van der Waals surface area contributed by atoms with Crippen molar-refractivity contribution in [3.8, 4) is 11.5 Å². The summed E-state index contributed by atoms with van der Waals surface area (Å²) in [5.74, 6) is 1.90. The van der Waals surface area contributed by atoms with Crippen LogP contribution in [0, 0.1) is 6.92 Å². The minimum atomic E-state index is 0.632. The standard InChI is InChI=1S/C12H17NO3/c1-8-6-11-9(4-5-16-11)10(7-13-15-3)12(8)14-2/h6,13H,4-5,7H2,1-3H3. The van der Waals surface area contributed by atoms with E-state index >= 15 is 0 Å². The van der Waals surface area contributed by atoms with Gasteiger partial charge in [0.25, 0.3) is 0 Å². The van der Waals surface area contributed by atoms with Crippen LogP contribution in [0.3, 0.4) is 0 Å². The van der Waals surface area contributed by atoms with Gasteiger partial charge in [-0.05, 0) is 18.6 Å². The van der Waals surface area contributed by atoms with Crippen molar-refractivity contribution in [2.75, 3.05) is 20.8 Å². The molecule has 1 aromatic rings. The van der Waals surface area contributed by atoms with E-state index in [-0.39, 0.29) is 0 Å². The minimum Gasteiger partial charge on any atom is -0.496 e. The Kier molecular flexibility index (Phi) is 3.31. The van der Waals surface area contributed by atoms with E-state index in [0.29, 0.717) is 6.54 Å². The maximum absolute atomic E-state index is 5.58. The number of methoxy groups -OCH3 is 1. The van der Waals surface area contributed by atoms with Crippen molar-refractivity contribution >= 4 is 0 Å². The third-order valence-corrected chi connectivity index (χ3v) is 2.85. The molecule has 2 rings (SSSR count). The maximum atomic E-state index is 5.58. The van der Waals surface area contributed by atoms with Crippen molar-refractivity contribution in [1.29, 1.82) is 0 Å². The third kappa shape index (κ3) is 1.86. The summed E-state index contributed by atoms with van der Waals surface area (Å²) in [4.78, 5) is 4.90. The monoisotopic (exact) mass is 223 g/mol. The molecule has 1 aromatic carbocycles. The van der Waals surface area contributed by atoms with Gasteiger partial charge < -0.3 is 14.3 Å². The zero-order valence-electron chi connectivity index (χ0n) is 9.92. The second-order valence-corrected chi connectivity index (χ2v) is 3.81. The lowest BCUT2D eigenvalue weighted by molar-refractivity contribution is 0.0859. The van der Waals surface area contributed by atoms with Crippen LogP contribution in [0.1, 0.15) is 16.7 Å². The molecule has 4 nitrogen and oxygen atoms in total. The maximum Gasteiger partial charge on any atom is 0.126 e. The van der Waals surface area contributed by atoms with E-state index in [0.717, 1.165) is 35.7 Å². The Labute approximate surface area is 95.5 Å². The van der Waals surface area contributed by atoms with Crippen LogP contribution in [-0.4, -0.2) is 20.8 Å². The van der Waals surface area contributed by atoms with Crippen LogP contribution in [0.15, 0.2) is 6.07 Å². The summed E-state index contributed by atoms with van der Waals surface area (Å²) >= 11 is 0. The second kappa shape index (κ2) is 4.72. The van der Waals surface area contributed by atoms with Crippen LogP contribution in [0.4, 0.5) is 0 Å². The number of rotatable bonds is 4. The molecule has 88 valence electrons. The fourth-order valence-electron chi connectivity index (χ4n) is 2.15. The molecular weight excluding hydrogens is 206 g/mol. The molecule has 0 bridgehead atoms. The number of ether oxygens (including phenoxy) is 2. The molecule has 0 atom stereocenters. The van der Waals surface area contributed by atoms with Gasteiger partial charge in [0.15, 0.2) is 0 Å². The minimum absolute atomic E-state index is 0.632. The van der Waals surface area contributed by atoms with Crippen molar-refractivity contribution in [2.24, 2.45) is 0 Å². The Bertz CT molecular complexity index is 387. The van der Waals surface area contributed by atoms with Gasteiger partial charge in [0, 0.05) is 17.5 Å². The Hall–Kier alpha value is -1.26. The summed E-state index contributed by atoms with van der Waals surface area (Å²) in [6, 6.07) is 2.04. The summed E-state index contributed by atoms with van der Waals surface area (Å²) in [6.45, 7) is 3.41. The quantitative estimate of drug-likeness (QED) is 0.787. The van der Waals surface area contributed by atoms with E-state index in [1.807, 2.05) is 13.0 Å². The van der Waals surface area contributed by atoms with Crippen molar-refractivity contribution in [3.63, 3.8) is 0 Å². The highest BCUT2D eigenvalue weighted by atomic mass is 16.6. The predicted octanol–water partition coefficient (Wildman–Crippen LogP) is 1.59. The molecule has 16 heavy (non-hydrogen) atoms. The normalized spacial score (nSPS) is 13.4. The van der Waals surface area contributed by atoms with Gasteiger partial charge in [-0.3, -0.25) is 0 Å². The molecule has 0 radical (unpaired) electrons. The molecule has 4 heteroatoms. The highest BCUT2D eigenvalue weighted by Crippen LogP contribution is 2.37. The molecule has 0 aliphatic carbocycles. The smallest absolute Gasteiger partial charge is 0.126 e. The van der Waals surface area contributed by atoms with E-state index in [2.05, 4.69) is 5.48 Å². The first kappa shape index (κ1) is 11.2. The molecule has 1 aliphatic rings. The molecule has 0 unspecified atom stereocenters. The number of hydroxylamine groups is 1. The summed E-state index contributed by atoms with van der Waals surface area (Å²) < 4.78 is 11.0. The Morgan fingerprint density at radius 2 is 2.25 bits per heavy atom. The van der Waals surface area contributed by atoms with Crippen LogP contribution >= 0.6 is 0 Å². The van der Waals surface area contributed by atoms with E-state index in [4.69, 9.17) is 14.3 Å². The zero-order chi connectivity index (χ0) is 11.5. The van der Waals surface area contributed by atoms with E-state index in [9.17, 15) is 0 Å². The molecule has 1 heterocycles. The number of hydrogen-bond acceptors (Lipinski definition) is 4. The van der Waals surface area contributed by atoms with Gasteiger partial charge in [-0.25, -0.2) is 0 Å². The van der Waals surface area contributed by atoms with Crippen LogP contribution in [-0.2, 0) is 17.8 Å². The number of hydrogen-bond donors (Lipinski definition) is 1. The van der Waals surface area contributed by atoms with Crippen molar-refractivity contribution < 1.29 is 14.3 Å². The number of fused-ring (bicyclic) bond motifs is 1. The molecule has 0 fully saturated rings. The highest BCUT2D eigenvalue weighted by molar-refractivity contribution is 5.54. The van der Waals surface area contributed by atoms with Crippen LogP contribution in [0.2, 0.25) is 0 Å². The summed E-state index contributed by atoms with van der Waals surface area (Å²) in [6.07, 6.45) is 0.937. The van der Waals surface area contributed by atoms with Gasteiger partial charge in [0.05, 0.1) is 27.4 Å². The summed E-state index contributed by atoms with van der Waals surface area (Å²) in [7, 11) is 3.31. The Morgan fingerprint density at radius 3 is 2.94 bits per heavy atom. The van der Waals surface area contributed by atoms with E-state index < -0.39 is 0 Å². The van der Waals surface area contributed by atoms with Crippen molar-refractivity contribution in [3.05, 3.63) is 22.8 Å². The SMILES string of the molecule is CONCc1c2c(cc(C)c1OC)OCC2. The van der Waals surface area contributed by atoms with Crippen LogP contribution < -0.4 is 15.0 Å². The van der Waals surface area contributed by atoms with Crippen molar-refractivity contribution in [1.82, 2.24) is 5.48 Å². The average molecular weight is 223 g/mol. The Morgan fingerprint density at radius 1 is 1.44 bits per heavy atom. The second-order valence-electron chi connectivity index (χ2n) is 3.81. The van der Waals surface area contributed by atoms with Gasteiger partial charge in [-0.1, -0.05) is 0 Å². The summed E-state index contributed by atoms with van der Waals surface area (Å²) in [5.41, 5.74) is 6.32. The number of benzene rings is 1. The zero-order valence-corrected chi connectivity index (χ0v) is 9.92. The third-order valence-electron chi connectivity index (χ3n) is 2.85. The molecule has 0 spiro atoms. The van der Waals surface area contributed by atoms with Gasteiger partial charge in [-0.15, -0.1) is 0 Å². The molecule has 0 aromatic heterocycles. The molecule has 0 saturated heterocycles. The lowest BCUT2D eigenvalue weighted by Crippen LogP contribution is -2.13. The lowest BCUT2D eigenvalue weighted by Gasteiger charge is -2.15. The Balaban J connectivity index is 2.44. The van der Waals surface area contributed by atoms with Crippen molar-refractivity contribution in [2.45, 2.75) is 19.9 Å². The van der Waals surface area contributed by atoms with Crippen LogP contribution in [0.25, 0.3) is 0 Å². The molecule has 0 saturated carbocycles. The van der Waals surface area contributed by atoms with Gasteiger partial charge in [0.2, 0.25) is 0 Å². The largest absolute Gasteiger partial charge is 0.496 e. The number of nitrogens with one attached hydrogen (secondary N) is 1. The predicted molar refractivity (Wildman–Crippen MR) is 60.8 cm³/mol. The fourth-order valence-corrected chi connectivity index (χ4v) is 2.15. The molecular formula is C12H17NO3. The number of aryl methyl sites for hydroxylation is 1. The highest BCUT2D eigenvalue weighted by Gasteiger charge is 2.21. The lowest BCUT2D eigenvalue weighted by atomic mass is 10.0. The first-order valence-corrected chi connectivity index (χ1v) is 5.36. The van der Waals surface area contributed by atoms with E-state index in [1.165, 1.54) is 5.56 Å². The molecule has 1 N–H and O–H groups in total. The topological polar surface area (TPSA) is 39.7 Å². The average Bonchev–Trinajstić information content (AvgIpc) is 2.72. The molecule has 0 amide bonds. The first-order chi connectivity index (χ1) is 7.77. The van der Waals surface area contributed by atoms with Gasteiger partial charge in [0.1, 0.15) is 11.5 Å². The molecule has 1 aliphatic heterocycles. The summed E-state index contributed by atoms with van der Waals surface area (Å²) in [5, 5.41) is 0. The first-order valence-electron chi connectivity index (χ1n) is 5.36.